The number of hydrogen-bond donors (Lipinski definition) is 2. The summed E-state index contributed by atoms with van der Waals surface area (Å²) in [6, 6.07) is 13.1. The Morgan fingerprint density at radius 3 is 2.76 bits per heavy atom. The number of sulfonamides is 1. The van der Waals surface area contributed by atoms with Crippen LogP contribution >= 0.6 is 0 Å². The van der Waals surface area contributed by atoms with Gasteiger partial charge in [0.15, 0.2) is 0 Å². The number of fused-ring (bicyclic) bond motifs is 1. The molecule has 2 aromatic carbocycles. The number of carbonyl (C=O) groups excluding carboxylic acids is 1. The van der Waals surface area contributed by atoms with Crippen LogP contribution in [0.3, 0.4) is 0 Å². The van der Waals surface area contributed by atoms with Gasteiger partial charge in [-0.2, -0.15) is 4.31 Å². The quantitative estimate of drug-likeness (QED) is 0.536. The highest BCUT2D eigenvalue weighted by molar-refractivity contribution is 7.89. The van der Waals surface area contributed by atoms with E-state index in [1.807, 2.05) is 38.1 Å². The van der Waals surface area contributed by atoms with Gasteiger partial charge in [0.25, 0.3) is 5.91 Å². The number of nitrogens with one attached hydrogen (secondary N) is 2. The summed E-state index contributed by atoms with van der Waals surface area (Å²) in [4.78, 5) is 28.1. The molecular weight excluding hydrogens is 454 g/mol. The Balaban J connectivity index is 1.66. The van der Waals surface area contributed by atoms with Crippen molar-refractivity contribution in [1.29, 1.82) is 0 Å². The lowest BCUT2D eigenvalue weighted by molar-refractivity contribution is 0.0952. The number of aromatic nitrogens is 1. The highest BCUT2D eigenvalue weighted by atomic mass is 32.2. The molecule has 2 heterocycles. The van der Waals surface area contributed by atoms with E-state index in [0.717, 1.165) is 18.4 Å². The number of H-pyrrole nitrogens is 1. The molecule has 1 atom stereocenters. The van der Waals surface area contributed by atoms with Gasteiger partial charge in [-0.15, -0.1) is 0 Å². The number of carbonyl (C=O) groups is 1. The van der Waals surface area contributed by atoms with E-state index in [2.05, 4.69) is 10.3 Å². The number of ether oxygens (including phenoxy) is 1. The smallest absolute Gasteiger partial charge is 0.252 e. The minimum absolute atomic E-state index is 0.108. The van der Waals surface area contributed by atoms with Crippen LogP contribution in [0, 0.1) is 5.92 Å². The fourth-order valence-corrected chi connectivity index (χ4v) is 5.94. The van der Waals surface area contributed by atoms with Gasteiger partial charge in [-0.25, -0.2) is 8.42 Å². The second-order valence-electron chi connectivity index (χ2n) is 8.59. The SMILES string of the molecule is CCOc1ccccc1CNC(=O)c1cc(=O)[nH]c2ccc(S(=O)(=O)N3CCC[C@H](C)C3)cc12. The molecule has 180 valence electrons. The molecule has 0 bridgehead atoms. The van der Waals surface area contributed by atoms with E-state index in [-0.39, 0.29) is 17.0 Å². The Kier molecular flexibility index (Phi) is 7.04. The van der Waals surface area contributed by atoms with Gasteiger partial charge in [-0.1, -0.05) is 25.1 Å². The Hall–Kier alpha value is -3.17. The largest absolute Gasteiger partial charge is 0.494 e. The molecule has 0 aliphatic carbocycles. The lowest BCUT2D eigenvalue weighted by Crippen LogP contribution is -2.39. The fourth-order valence-electron chi connectivity index (χ4n) is 4.31. The van der Waals surface area contributed by atoms with Gasteiger partial charge in [-0.05, 0) is 49.9 Å². The average Bonchev–Trinajstić information content (AvgIpc) is 2.82. The summed E-state index contributed by atoms with van der Waals surface area (Å²) in [5.74, 6) is 0.495. The molecule has 0 spiro atoms. The van der Waals surface area contributed by atoms with Gasteiger partial charge in [0.1, 0.15) is 5.75 Å². The summed E-state index contributed by atoms with van der Waals surface area (Å²) in [6.07, 6.45) is 1.82. The fraction of sp³-hybridized carbons (Fsp3) is 0.360. The maximum atomic E-state index is 13.3. The molecule has 1 saturated heterocycles. The molecule has 1 amide bonds. The van der Waals surface area contributed by atoms with E-state index in [9.17, 15) is 18.0 Å². The van der Waals surface area contributed by atoms with Gasteiger partial charge in [0.05, 0.1) is 17.1 Å². The summed E-state index contributed by atoms with van der Waals surface area (Å²) < 4.78 is 33.7. The van der Waals surface area contributed by atoms with E-state index in [1.165, 1.54) is 28.6 Å². The van der Waals surface area contributed by atoms with E-state index in [4.69, 9.17) is 4.74 Å². The molecule has 4 rings (SSSR count). The second kappa shape index (κ2) is 9.99. The average molecular weight is 484 g/mol. The summed E-state index contributed by atoms with van der Waals surface area (Å²) in [5.41, 5.74) is 0.886. The van der Waals surface area contributed by atoms with Crippen LogP contribution in [0.25, 0.3) is 10.9 Å². The molecule has 1 fully saturated rings. The van der Waals surface area contributed by atoms with Crippen LogP contribution in [0.1, 0.15) is 42.6 Å². The molecule has 1 aliphatic heterocycles. The third-order valence-corrected chi connectivity index (χ3v) is 7.89. The number of nitrogens with zero attached hydrogens (tertiary/aromatic N) is 1. The predicted molar refractivity (Wildman–Crippen MR) is 131 cm³/mol. The topological polar surface area (TPSA) is 109 Å². The Morgan fingerprint density at radius 1 is 1.21 bits per heavy atom. The van der Waals surface area contributed by atoms with Crippen molar-refractivity contribution in [3.8, 4) is 5.75 Å². The number of pyridine rings is 1. The molecule has 2 N–H and O–H groups in total. The number of amides is 1. The monoisotopic (exact) mass is 483 g/mol. The first-order valence-corrected chi connectivity index (χ1v) is 12.9. The molecule has 0 saturated carbocycles. The molecule has 3 aromatic rings. The highest BCUT2D eigenvalue weighted by Gasteiger charge is 2.29. The lowest BCUT2D eigenvalue weighted by atomic mass is 10.0. The van der Waals surface area contributed by atoms with E-state index in [0.29, 0.717) is 42.3 Å². The molecule has 8 nitrogen and oxygen atoms in total. The minimum atomic E-state index is -3.71. The van der Waals surface area contributed by atoms with Crippen LogP contribution in [0.15, 0.2) is 58.2 Å². The molecule has 9 heteroatoms. The number of hydrogen-bond acceptors (Lipinski definition) is 5. The first kappa shape index (κ1) is 24.0. The van der Waals surface area contributed by atoms with Gasteiger partial charge in [0.2, 0.25) is 15.6 Å². The lowest BCUT2D eigenvalue weighted by Gasteiger charge is -2.30. The van der Waals surface area contributed by atoms with E-state index in [1.54, 1.807) is 0 Å². The first-order chi connectivity index (χ1) is 16.3. The summed E-state index contributed by atoms with van der Waals surface area (Å²) in [6.45, 7) is 5.57. The summed E-state index contributed by atoms with van der Waals surface area (Å²) >= 11 is 0. The third-order valence-electron chi connectivity index (χ3n) is 6.03. The molecule has 1 aliphatic rings. The van der Waals surface area contributed by atoms with Crippen LogP contribution in [0.4, 0.5) is 0 Å². The maximum absolute atomic E-state index is 13.3. The van der Waals surface area contributed by atoms with Gasteiger partial charge in [-0.3, -0.25) is 9.59 Å². The van der Waals surface area contributed by atoms with Gasteiger partial charge < -0.3 is 15.0 Å². The van der Waals surface area contributed by atoms with E-state index < -0.39 is 21.5 Å². The minimum Gasteiger partial charge on any atom is -0.494 e. The van der Waals surface area contributed by atoms with Gasteiger partial charge >= 0.3 is 0 Å². The Labute approximate surface area is 199 Å². The van der Waals surface area contributed by atoms with Crippen LogP contribution in [0.5, 0.6) is 5.75 Å². The third kappa shape index (κ3) is 5.00. The van der Waals surface area contributed by atoms with Crippen molar-refractivity contribution < 1.29 is 17.9 Å². The number of aromatic amines is 1. The zero-order valence-corrected chi connectivity index (χ0v) is 20.2. The van der Waals surface area contributed by atoms with Crippen molar-refractivity contribution in [3.63, 3.8) is 0 Å². The Morgan fingerprint density at radius 2 is 2.00 bits per heavy atom. The van der Waals surface area contributed by atoms with Crippen molar-refractivity contribution in [3.05, 3.63) is 70.0 Å². The van der Waals surface area contributed by atoms with Crippen molar-refractivity contribution >= 4 is 26.8 Å². The standard InChI is InChI=1S/C25H29N3O5S/c1-3-33-23-9-5-4-8-18(23)15-26-25(30)21-14-24(29)27-22-11-10-19(13-20(21)22)34(31,32)28-12-6-7-17(2)16-28/h4-5,8-11,13-14,17H,3,6-7,12,15-16H2,1-2H3,(H,26,30)(H,27,29)/t17-/m0/s1. The molecule has 34 heavy (non-hydrogen) atoms. The van der Waals surface area contributed by atoms with Crippen LogP contribution in [0.2, 0.25) is 0 Å². The second-order valence-corrected chi connectivity index (χ2v) is 10.5. The zero-order valence-electron chi connectivity index (χ0n) is 19.3. The molecule has 1 aromatic heterocycles. The molecule has 0 radical (unpaired) electrons. The zero-order chi connectivity index (χ0) is 24.3. The summed E-state index contributed by atoms with van der Waals surface area (Å²) in [5, 5.41) is 3.21. The van der Waals surface area contributed by atoms with Crippen LogP contribution in [-0.4, -0.2) is 43.3 Å². The number of para-hydroxylation sites is 1. The highest BCUT2D eigenvalue weighted by Crippen LogP contribution is 2.26. The number of benzene rings is 2. The molecule has 0 unspecified atom stereocenters. The van der Waals surface area contributed by atoms with Crippen LogP contribution < -0.4 is 15.6 Å². The van der Waals surface area contributed by atoms with E-state index >= 15 is 0 Å². The number of piperidine rings is 1. The predicted octanol–water partition coefficient (Wildman–Crippen LogP) is 3.28. The number of rotatable bonds is 7. The van der Waals surface area contributed by atoms with Crippen molar-refractivity contribution in [1.82, 2.24) is 14.6 Å². The van der Waals surface area contributed by atoms with Crippen LogP contribution in [-0.2, 0) is 16.6 Å². The normalized spacial score (nSPS) is 16.9. The van der Waals surface area contributed by atoms with Crippen molar-refractivity contribution in [2.24, 2.45) is 5.92 Å². The van der Waals surface area contributed by atoms with Gasteiger partial charge in [0, 0.05) is 42.2 Å². The maximum Gasteiger partial charge on any atom is 0.252 e. The van der Waals surface area contributed by atoms with Crippen molar-refractivity contribution in [2.75, 3.05) is 19.7 Å². The molecular formula is C25H29N3O5S. The summed E-state index contributed by atoms with van der Waals surface area (Å²) in [7, 11) is -3.71. The first-order valence-electron chi connectivity index (χ1n) is 11.5. The Bertz CT molecular complexity index is 1370. The van der Waals surface area contributed by atoms with Crippen molar-refractivity contribution in [2.45, 2.75) is 38.1 Å².